The van der Waals surface area contributed by atoms with E-state index in [-0.39, 0.29) is 5.91 Å². The number of benzene rings is 1. The van der Waals surface area contributed by atoms with Crippen LogP contribution in [0.25, 0.3) is 11.3 Å². The van der Waals surface area contributed by atoms with Crippen LogP contribution in [-0.4, -0.2) is 49.6 Å². The van der Waals surface area contributed by atoms with Crippen molar-refractivity contribution in [1.29, 1.82) is 0 Å². The summed E-state index contributed by atoms with van der Waals surface area (Å²) in [5.74, 6) is 1.19. The maximum Gasteiger partial charge on any atom is 0.222 e. The second-order valence-corrected chi connectivity index (χ2v) is 7.46. The van der Waals surface area contributed by atoms with Crippen LogP contribution in [0.2, 0.25) is 0 Å². The molecule has 4 rings (SSSR count). The fraction of sp³-hybridized carbons (Fsp3) is 0.476. The largest absolute Gasteiger partial charge is 0.464 e. The van der Waals surface area contributed by atoms with Gasteiger partial charge in [0.15, 0.2) is 0 Å². The van der Waals surface area contributed by atoms with E-state index < -0.39 is 0 Å². The highest BCUT2D eigenvalue weighted by Gasteiger charge is 2.26. The van der Waals surface area contributed by atoms with Gasteiger partial charge in [0.05, 0.1) is 6.26 Å². The quantitative estimate of drug-likeness (QED) is 0.917. The van der Waals surface area contributed by atoms with Crippen LogP contribution in [0.1, 0.15) is 25.7 Å². The van der Waals surface area contributed by atoms with E-state index >= 15 is 0 Å². The van der Waals surface area contributed by atoms with Crippen molar-refractivity contribution in [3.05, 3.63) is 42.7 Å². The molecule has 2 saturated heterocycles. The lowest BCUT2D eigenvalue weighted by molar-refractivity contribution is -0.132. The fourth-order valence-corrected chi connectivity index (χ4v) is 4.07. The molecule has 1 atom stereocenters. The zero-order chi connectivity index (χ0) is 17.9. The summed E-state index contributed by atoms with van der Waals surface area (Å²) in [6, 6.07) is 13.5. The molecule has 5 heteroatoms. The molecule has 0 unspecified atom stereocenters. The highest BCUT2D eigenvalue weighted by atomic mass is 16.3. The standard InChI is InChI=1S/C21H27N3O2/c1-23-15-18(6-9-21(23)25)22-17-10-12-24(13-11-17)19-7-4-16(5-8-19)20-3-2-14-26-20/h2-5,7-8,14,17-18,22H,6,9-13,15H2,1H3/t18-/m0/s1. The predicted molar refractivity (Wildman–Crippen MR) is 103 cm³/mol. The van der Waals surface area contributed by atoms with Gasteiger partial charge in [-0.1, -0.05) is 0 Å². The summed E-state index contributed by atoms with van der Waals surface area (Å²) in [6.45, 7) is 2.98. The first-order chi connectivity index (χ1) is 12.7. The van der Waals surface area contributed by atoms with Gasteiger partial charge in [0.2, 0.25) is 5.91 Å². The van der Waals surface area contributed by atoms with E-state index in [1.54, 1.807) is 6.26 Å². The molecule has 2 aliphatic rings. The van der Waals surface area contributed by atoms with Gasteiger partial charge in [-0.2, -0.15) is 0 Å². The number of rotatable bonds is 4. The number of hydrogen-bond donors (Lipinski definition) is 1. The van der Waals surface area contributed by atoms with Crippen molar-refractivity contribution >= 4 is 11.6 Å². The Bertz CT molecular complexity index is 718. The fourth-order valence-electron chi connectivity index (χ4n) is 4.07. The van der Waals surface area contributed by atoms with Crippen molar-refractivity contribution in [2.24, 2.45) is 0 Å². The van der Waals surface area contributed by atoms with Gasteiger partial charge in [-0.15, -0.1) is 0 Å². The van der Waals surface area contributed by atoms with Crippen molar-refractivity contribution in [3.63, 3.8) is 0 Å². The average Bonchev–Trinajstić information content (AvgIpc) is 3.20. The highest BCUT2D eigenvalue weighted by Crippen LogP contribution is 2.26. The third-order valence-electron chi connectivity index (χ3n) is 5.63. The SMILES string of the molecule is CN1C[C@@H](NC2CCN(c3ccc(-c4ccco4)cc3)CC2)CCC1=O. The summed E-state index contributed by atoms with van der Waals surface area (Å²) in [6.07, 6.45) is 5.65. The molecule has 0 radical (unpaired) electrons. The second-order valence-electron chi connectivity index (χ2n) is 7.46. The zero-order valence-corrected chi connectivity index (χ0v) is 15.4. The lowest BCUT2D eigenvalue weighted by Crippen LogP contribution is -2.52. The molecule has 0 bridgehead atoms. The molecule has 2 aliphatic heterocycles. The van der Waals surface area contributed by atoms with Crippen LogP contribution in [0.3, 0.4) is 0 Å². The molecule has 0 aliphatic carbocycles. The molecule has 1 aromatic carbocycles. The Kier molecular flexibility index (Phi) is 4.98. The molecule has 1 aromatic heterocycles. The average molecular weight is 353 g/mol. The van der Waals surface area contributed by atoms with E-state index in [0.717, 1.165) is 50.2 Å². The maximum atomic E-state index is 11.6. The van der Waals surface area contributed by atoms with Gasteiger partial charge in [-0.05, 0) is 55.7 Å². The number of nitrogens with zero attached hydrogens (tertiary/aromatic N) is 2. The first kappa shape index (κ1) is 17.2. The number of nitrogens with one attached hydrogen (secondary N) is 1. The van der Waals surface area contributed by atoms with E-state index in [1.807, 2.05) is 24.1 Å². The summed E-state index contributed by atoms with van der Waals surface area (Å²) < 4.78 is 5.46. The molecule has 2 aromatic rings. The predicted octanol–water partition coefficient (Wildman–Crippen LogP) is 3.13. The summed E-state index contributed by atoms with van der Waals surface area (Å²) in [7, 11) is 1.91. The van der Waals surface area contributed by atoms with Gasteiger partial charge >= 0.3 is 0 Å². The molecular weight excluding hydrogens is 326 g/mol. The van der Waals surface area contributed by atoms with E-state index in [4.69, 9.17) is 4.42 Å². The van der Waals surface area contributed by atoms with Gasteiger partial charge in [-0.25, -0.2) is 0 Å². The molecule has 0 spiro atoms. The Morgan fingerprint density at radius 3 is 2.46 bits per heavy atom. The third kappa shape index (κ3) is 3.78. The second kappa shape index (κ2) is 7.54. The number of furan rings is 1. The Hall–Kier alpha value is -2.27. The minimum atomic E-state index is 0.274. The summed E-state index contributed by atoms with van der Waals surface area (Å²) in [5, 5.41) is 3.78. The number of carbonyl (C=O) groups is 1. The number of amides is 1. The van der Waals surface area contributed by atoms with E-state index in [0.29, 0.717) is 18.5 Å². The number of likely N-dealkylation sites (tertiary alicyclic amines) is 1. The minimum absolute atomic E-state index is 0.274. The first-order valence-corrected chi connectivity index (χ1v) is 9.58. The molecule has 0 saturated carbocycles. The van der Waals surface area contributed by atoms with Crippen molar-refractivity contribution in [1.82, 2.24) is 10.2 Å². The molecule has 138 valence electrons. The van der Waals surface area contributed by atoms with Crippen molar-refractivity contribution in [2.45, 2.75) is 37.8 Å². The van der Waals surface area contributed by atoms with E-state index in [2.05, 4.69) is 34.5 Å². The van der Waals surface area contributed by atoms with Gasteiger partial charge < -0.3 is 19.5 Å². The van der Waals surface area contributed by atoms with Crippen LogP contribution < -0.4 is 10.2 Å². The molecular formula is C21H27N3O2. The van der Waals surface area contributed by atoms with Crippen LogP contribution >= 0.6 is 0 Å². The van der Waals surface area contributed by atoms with Gasteiger partial charge in [-0.3, -0.25) is 4.79 Å². The van der Waals surface area contributed by atoms with Crippen molar-refractivity contribution in [3.8, 4) is 11.3 Å². The lowest BCUT2D eigenvalue weighted by Gasteiger charge is -2.38. The van der Waals surface area contributed by atoms with E-state index in [1.165, 1.54) is 5.69 Å². The maximum absolute atomic E-state index is 11.6. The van der Waals surface area contributed by atoms with Crippen LogP contribution in [0.15, 0.2) is 47.1 Å². The summed E-state index contributed by atoms with van der Waals surface area (Å²) >= 11 is 0. The summed E-state index contributed by atoms with van der Waals surface area (Å²) in [5.41, 5.74) is 2.40. The van der Waals surface area contributed by atoms with Crippen LogP contribution in [-0.2, 0) is 4.79 Å². The van der Waals surface area contributed by atoms with Crippen LogP contribution in [0, 0.1) is 0 Å². The summed E-state index contributed by atoms with van der Waals surface area (Å²) in [4.78, 5) is 15.9. The number of piperidine rings is 2. The number of anilines is 1. The lowest BCUT2D eigenvalue weighted by atomic mass is 9.99. The highest BCUT2D eigenvalue weighted by molar-refractivity contribution is 5.76. The topological polar surface area (TPSA) is 48.7 Å². The van der Waals surface area contributed by atoms with Crippen LogP contribution in [0.4, 0.5) is 5.69 Å². The molecule has 2 fully saturated rings. The molecule has 1 N–H and O–H groups in total. The van der Waals surface area contributed by atoms with Gasteiger partial charge in [0.1, 0.15) is 5.76 Å². The Balaban J connectivity index is 1.29. The monoisotopic (exact) mass is 353 g/mol. The Labute approximate surface area is 155 Å². The van der Waals surface area contributed by atoms with Crippen molar-refractivity contribution < 1.29 is 9.21 Å². The zero-order valence-electron chi connectivity index (χ0n) is 15.4. The molecule has 1 amide bonds. The number of hydrogen-bond acceptors (Lipinski definition) is 4. The van der Waals surface area contributed by atoms with Gasteiger partial charge in [0, 0.05) is 56.4 Å². The van der Waals surface area contributed by atoms with E-state index in [9.17, 15) is 4.79 Å². The molecule has 5 nitrogen and oxygen atoms in total. The minimum Gasteiger partial charge on any atom is -0.464 e. The van der Waals surface area contributed by atoms with Gasteiger partial charge in [0.25, 0.3) is 0 Å². The Morgan fingerprint density at radius 2 is 1.81 bits per heavy atom. The first-order valence-electron chi connectivity index (χ1n) is 9.58. The Morgan fingerprint density at radius 1 is 1.04 bits per heavy atom. The third-order valence-corrected chi connectivity index (χ3v) is 5.63. The van der Waals surface area contributed by atoms with Crippen molar-refractivity contribution in [2.75, 3.05) is 31.6 Å². The number of carbonyl (C=O) groups excluding carboxylic acids is 1. The molecule has 3 heterocycles. The smallest absolute Gasteiger partial charge is 0.222 e. The molecule has 26 heavy (non-hydrogen) atoms. The number of likely N-dealkylation sites (N-methyl/N-ethyl adjacent to an activating group) is 1. The normalized spacial score (nSPS) is 22.0. The van der Waals surface area contributed by atoms with Crippen LogP contribution in [0.5, 0.6) is 0 Å².